The summed E-state index contributed by atoms with van der Waals surface area (Å²) in [6, 6.07) is -0.0388. The zero-order valence-electron chi connectivity index (χ0n) is 10.3. The smallest absolute Gasteiger partial charge is 0.379 e. The molecule has 0 bridgehead atoms. The molecule has 1 aliphatic heterocycles. The molecule has 3 unspecified atom stereocenters. The highest BCUT2D eigenvalue weighted by molar-refractivity contribution is 5.85. The first-order valence-electron chi connectivity index (χ1n) is 6.06. The van der Waals surface area contributed by atoms with E-state index in [1.807, 2.05) is 0 Å². The van der Waals surface area contributed by atoms with E-state index in [0.29, 0.717) is 12.8 Å². The second-order valence-corrected chi connectivity index (χ2v) is 5.31. The first-order valence-corrected chi connectivity index (χ1v) is 6.06. The minimum absolute atomic E-state index is 0. The first kappa shape index (κ1) is 16.5. The Bertz CT molecular complexity index is 353. The van der Waals surface area contributed by atoms with Gasteiger partial charge in [-0.3, -0.25) is 4.79 Å². The fourth-order valence-electron chi connectivity index (χ4n) is 2.71. The Hall–Kier alpha value is -0.530. The van der Waals surface area contributed by atoms with Crippen LogP contribution in [0, 0.1) is 5.92 Å². The summed E-state index contributed by atoms with van der Waals surface area (Å²) in [6.45, 7) is -0.693. The highest BCUT2D eigenvalue weighted by Gasteiger charge is 2.58. The third-order valence-corrected chi connectivity index (χ3v) is 3.91. The predicted molar refractivity (Wildman–Crippen MR) is 64.8 cm³/mol. The molecule has 0 aromatic heterocycles. The molecule has 1 saturated heterocycles. The number of carbonyl (C=O) groups excluding carboxylic acids is 1. The summed E-state index contributed by atoms with van der Waals surface area (Å²) >= 11 is 0. The second-order valence-electron chi connectivity index (χ2n) is 5.31. The summed E-state index contributed by atoms with van der Waals surface area (Å²) in [5.41, 5.74) is 2.94. The van der Waals surface area contributed by atoms with E-state index >= 15 is 0 Å². The highest BCUT2D eigenvalue weighted by Crippen LogP contribution is 2.38. The Morgan fingerprint density at radius 2 is 2.00 bits per heavy atom. The largest absolute Gasteiger partial charge is 0.419 e. The predicted octanol–water partition coefficient (Wildman–Crippen LogP) is 1.06. The number of carbonyl (C=O) groups is 1. The maximum absolute atomic E-state index is 12.6. The number of hydrogen-bond acceptors (Lipinski definition) is 3. The molecule has 2 rings (SSSR count). The number of rotatable bonds is 1. The van der Waals surface area contributed by atoms with E-state index in [0.717, 1.165) is 11.3 Å². The van der Waals surface area contributed by atoms with E-state index < -0.39 is 24.7 Å². The standard InChI is InChI=1S/C11H17F3N2O2.ClH/c12-11(13,14)10(18)3-4-16(6-10)9(17)7-1-2-8(15)5-7;/h7-8,18H,1-6,15H2;1H. The minimum atomic E-state index is -4.69. The quantitative estimate of drug-likeness (QED) is 0.761. The Balaban J connectivity index is 0.00000180. The van der Waals surface area contributed by atoms with E-state index in [9.17, 15) is 23.1 Å². The molecule has 2 aliphatic rings. The number of alkyl halides is 3. The van der Waals surface area contributed by atoms with E-state index in [1.54, 1.807) is 0 Å². The minimum Gasteiger partial charge on any atom is -0.379 e. The molecule has 1 heterocycles. The van der Waals surface area contributed by atoms with E-state index in [4.69, 9.17) is 5.73 Å². The van der Waals surface area contributed by atoms with Crippen molar-refractivity contribution in [3.8, 4) is 0 Å². The molecular formula is C11H18ClF3N2O2. The summed E-state index contributed by atoms with van der Waals surface area (Å²) in [6.07, 6.45) is -3.25. The summed E-state index contributed by atoms with van der Waals surface area (Å²) in [7, 11) is 0. The third kappa shape index (κ3) is 3.14. The highest BCUT2D eigenvalue weighted by atomic mass is 35.5. The second kappa shape index (κ2) is 5.46. The number of nitrogens with two attached hydrogens (primary N) is 1. The molecule has 1 saturated carbocycles. The number of aliphatic hydroxyl groups is 1. The molecule has 8 heteroatoms. The van der Waals surface area contributed by atoms with Crippen LogP contribution in [0.5, 0.6) is 0 Å². The molecule has 0 aromatic rings. The van der Waals surface area contributed by atoms with Crippen LogP contribution >= 0.6 is 12.4 Å². The molecule has 112 valence electrons. The van der Waals surface area contributed by atoms with Crippen LogP contribution in [0.25, 0.3) is 0 Å². The summed E-state index contributed by atoms with van der Waals surface area (Å²) in [5.74, 6) is -0.585. The number of nitrogens with zero attached hydrogens (tertiary/aromatic N) is 1. The van der Waals surface area contributed by atoms with Crippen LogP contribution < -0.4 is 5.73 Å². The van der Waals surface area contributed by atoms with Gasteiger partial charge in [-0.1, -0.05) is 0 Å². The van der Waals surface area contributed by atoms with Crippen molar-refractivity contribution < 1.29 is 23.1 Å². The van der Waals surface area contributed by atoms with Gasteiger partial charge in [0.1, 0.15) is 0 Å². The number of amides is 1. The third-order valence-electron chi connectivity index (χ3n) is 3.91. The van der Waals surface area contributed by atoms with Gasteiger partial charge in [-0.2, -0.15) is 13.2 Å². The molecule has 3 atom stereocenters. The van der Waals surface area contributed by atoms with Crippen LogP contribution in [0.4, 0.5) is 13.2 Å². The maximum Gasteiger partial charge on any atom is 0.419 e. The van der Waals surface area contributed by atoms with Crippen LogP contribution in [0.15, 0.2) is 0 Å². The fraction of sp³-hybridized carbons (Fsp3) is 0.909. The van der Waals surface area contributed by atoms with Crippen molar-refractivity contribution in [2.75, 3.05) is 13.1 Å². The number of β-amino-alcohol motifs (C(OH)–C–C–N with tert-alkyl or cyclic N) is 1. The maximum atomic E-state index is 12.6. The molecule has 4 nitrogen and oxygen atoms in total. The van der Waals surface area contributed by atoms with Crippen molar-refractivity contribution in [2.24, 2.45) is 11.7 Å². The molecule has 1 aliphatic carbocycles. The van der Waals surface area contributed by atoms with Crippen LogP contribution in [-0.4, -0.2) is 46.8 Å². The molecule has 1 amide bonds. The number of hydrogen-bond donors (Lipinski definition) is 2. The van der Waals surface area contributed by atoms with Gasteiger partial charge >= 0.3 is 6.18 Å². The monoisotopic (exact) mass is 302 g/mol. The lowest BCUT2D eigenvalue weighted by atomic mass is 10.0. The number of likely N-dealkylation sites (tertiary alicyclic amines) is 1. The van der Waals surface area contributed by atoms with Crippen molar-refractivity contribution in [1.29, 1.82) is 0 Å². The van der Waals surface area contributed by atoms with Crippen molar-refractivity contribution in [2.45, 2.75) is 43.5 Å². The van der Waals surface area contributed by atoms with Crippen molar-refractivity contribution >= 4 is 18.3 Å². The molecule has 0 radical (unpaired) electrons. The zero-order valence-corrected chi connectivity index (χ0v) is 11.1. The van der Waals surface area contributed by atoms with Gasteiger partial charge in [-0.05, 0) is 19.3 Å². The summed E-state index contributed by atoms with van der Waals surface area (Å²) in [4.78, 5) is 13.1. The summed E-state index contributed by atoms with van der Waals surface area (Å²) < 4.78 is 37.8. The van der Waals surface area contributed by atoms with E-state index in [-0.39, 0.29) is 36.8 Å². The van der Waals surface area contributed by atoms with Gasteiger partial charge < -0.3 is 15.7 Å². The van der Waals surface area contributed by atoms with Gasteiger partial charge in [-0.15, -0.1) is 12.4 Å². The van der Waals surface area contributed by atoms with E-state index in [1.165, 1.54) is 0 Å². The summed E-state index contributed by atoms with van der Waals surface area (Å²) in [5, 5.41) is 9.50. The fourth-order valence-corrected chi connectivity index (χ4v) is 2.71. The molecule has 0 spiro atoms. The van der Waals surface area contributed by atoms with Gasteiger partial charge in [0.2, 0.25) is 5.91 Å². The molecular weight excluding hydrogens is 285 g/mol. The van der Waals surface area contributed by atoms with Gasteiger partial charge in [-0.25, -0.2) is 0 Å². The molecule has 3 N–H and O–H groups in total. The van der Waals surface area contributed by atoms with Crippen LogP contribution in [0.1, 0.15) is 25.7 Å². The first-order chi connectivity index (χ1) is 8.23. The molecule has 19 heavy (non-hydrogen) atoms. The van der Waals surface area contributed by atoms with Crippen molar-refractivity contribution in [3.63, 3.8) is 0 Å². The Morgan fingerprint density at radius 1 is 1.37 bits per heavy atom. The normalized spacial score (nSPS) is 35.3. The van der Waals surface area contributed by atoms with Gasteiger partial charge in [0.15, 0.2) is 5.60 Å². The zero-order chi connectivity index (χ0) is 13.6. The Kier molecular flexibility index (Phi) is 4.75. The van der Waals surface area contributed by atoms with Crippen molar-refractivity contribution in [3.05, 3.63) is 0 Å². The van der Waals surface area contributed by atoms with Gasteiger partial charge in [0.25, 0.3) is 0 Å². The van der Waals surface area contributed by atoms with Crippen LogP contribution in [0.3, 0.4) is 0 Å². The van der Waals surface area contributed by atoms with Crippen LogP contribution in [0.2, 0.25) is 0 Å². The molecule has 2 fully saturated rings. The molecule has 0 aromatic carbocycles. The average Bonchev–Trinajstić information content (AvgIpc) is 2.84. The van der Waals surface area contributed by atoms with Gasteiger partial charge in [0.05, 0.1) is 6.54 Å². The lowest BCUT2D eigenvalue weighted by Crippen LogP contribution is -2.48. The lowest BCUT2D eigenvalue weighted by Gasteiger charge is -2.26. The van der Waals surface area contributed by atoms with Gasteiger partial charge in [0, 0.05) is 24.9 Å². The van der Waals surface area contributed by atoms with Crippen molar-refractivity contribution in [1.82, 2.24) is 4.90 Å². The SMILES string of the molecule is Cl.NC1CCC(C(=O)N2CCC(O)(C(F)(F)F)C2)C1. The van der Waals surface area contributed by atoms with Crippen LogP contribution in [-0.2, 0) is 4.79 Å². The topological polar surface area (TPSA) is 66.6 Å². The Labute approximate surface area is 115 Å². The Morgan fingerprint density at radius 3 is 2.42 bits per heavy atom. The number of halogens is 4. The van der Waals surface area contributed by atoms with E-state index in [2.05, 4.69) is 0 Å². The lowest BCUT2D eigenvalue weighted by molar-refractivity contribution is -0.253. The average molecular weight is 303 g/mol.